The minimum Gasteiger partial charge on any atom is -0.497 e. The van der Waals surface area contributed by atoms with Crippen molar-refractivity contribution in [1.29, 1.82) is 0 Å². The van der Waals surface area contributed by atoms with Crippen LogP contribution in [0.3, 0.4) is 0 Å². The van der Waals surface area contributed by atoms with E-state index in [-0.39, 0.29) is 0 Å². The van der Waals surface area contributed by atoms with Gasteiger partial charge in [-0.1, -0.05) is 23.7 Å². The lowest BCUT2D eigenvalue weighted by Gasteiger charge is -2.12. The third kappa shape index (κ3) is 3.36. The molecular weight excluding hydrogens is 352 g/mol. The number of benzene rings is 2. The molecule has 0 unspecified atom stereocenters. The molecule has 2 N–H and O–H groups in total. The Bertz CT molecular complexity index is 931. The van der Waals surface area contributed by atoms with Gasteiger partial charge in [0.2, 0.25) is 5.88 Å². The molecule has 0 spiro atoms. The van der Waals surface area contributed by atoms with Gasteiger partial charge in [-0.25, -0.2) is 4.98 Å². The van der Waals surface area contributed by atoms with Crippen LogP contribution in [-0.2, 0) is 13.1 Å². The van der Waals surface area contributed by atoms with Crippen molar-refractivity contribution in [2.75, 3.05) is 17.7 Å². The van der Waals surface area contributed by atoms with Crippen LogP contribution < -0.4 is 20.1 Å². The van der Waals surface area contributed by atoms with Crippen LogP contribution in [0.15, 0.2) is 48.8 Å². The smallest absolute Gasteiger partial charge is 0.248 e. The summed E-state index contributed by atoms with van der Waals surface area (Å²) in [5.41, 5.74) is 2.83. The van der Waals surface area contributed by atoms with E-state index in [0.29, 0.717) is 29.8 Å². The topological polar surface area (TPSA) is 68.3 Å². The van der Waals surface area contributed by atoms with Gasteiger partial charge in [-0.15, -0.1) is 0 Å². The highest BCUT2D eigenvalue weighted by Gasteiger charge is 2.19. The van der Waals surface area contributed by atoms with Crippen molar-refractivity contribution in [1.82, 2.24) is 9.97 Å². The van der Waals surface area contributed by atoms with Gasteiger partial charge in [0.15, 0.2) is 5.82 Å². The Balaban J connectivity index is 1.57. The highest BCUT2D eigenvalue weighted by molar-refractivity contribution is 6.30. The molecule has 4 rings (SSSR count). The molecule has 0 saturated heterocycles. The Morgan fingerprint density at radius 3 is 2.85 bits per heavy atom. The van der Waals surface area contributed by atoms with E-state index < -0.39 is 0 Å². The first-order chi connectivity index (χ1) is 12.7. The number of nitrogens with zero attached hydrogens (tertiary/aromatic N) is 2. The van der Waals surface area contributed by atoms with E-state index in [4.69, 9.17) is 21.1 Å². The summed E-state index contributed by atoms with van der Waals surface area (Å²) < 4.78 is 11.3. The second-order valence-electron chi connectivity index (χ2n) is 5.81. The first-order valence-electron chi connectivity index (χ1n) is 8.15. The molecule has 0 fully saturated rings. The van der Waals surface area contributed by atoms with Crippen molar-refractivity contribution in [3.63, 3.8) is 0 Å². The van der Waals surface area contributed by atoms with Gasteiger partial charge in [-0.05, 0) is 35.9 Å². The molecule has 6 nitrogen and oxygen atoms in total. The van der Waals surface area contributed by atoms with Crippen LogP contribution in [-0.4, -0.2) is 17.1 Å². The number of hydrogen-bond acceptors (Lipinski definition) is 6. The van der Waals surface area contributed by atoms with Crippen LogP contribution in [0.25, 0.3) is 0 Å². The Hall–Kier alpha value is -2.99. The molecule has 2 aromatic carbocycles. The molecule has 2 heterocycles. The van der Waals surface area contributed by atoms with Gasteiger partial charge in [-0.3, -0.25) is 0 Å². The van der Waals surface area contributed by atoms with Gasteiger partial charge < -0.3 is 20.1 Å². The molecule has 7 heteroatoms. The number of anilines is 2. The zero-order chi connectivity index (χ0) is 17.9. The molecule has 0 saturated carbocycles. The summed E-state index contributed by atoms with van der Waals surface area (Å²) in [7, 11) is 1.64. The minimum absolute atomic E-state index is 0.488. The molecule has 0 amide bonds. The number of aromatic nitrogens is 2. The highest BCUT2D eigenvalue weighted by Crippen LogP contribution is 2.38. The summed E-state index contributed by atoms with van der Waals surface area (Å²) in [6.45, 7) is 1.20. The standard InChI is InChI=1S/C19H17ClN4O2/c1-25-15-6-7-16-13(8-15)10-21-17-18(23-11-24-19(17)26-16)22-9-12-2-4-14(20)5-3-12/h2-8,11,21H,9-10H2,1H3,(H,22,23,24). The van der Waals surface area contributed by atoms with Crippen molar-refractivity contribution in [3.05, 3.63) is 64.9 Å². The number of rotatable bonds is 4. The maximum atomic E-state index is 5.98. The average molecular weight is 369 g/mol. The van der Waals surface area contributed by atoms with Gasteiger partial charge in [0.1, 0.15) is 23.5 Å². The van der Waals surface area contributed by atoms with Crippen LogP contribution >= 0.6 is 11.6 Å². The fourth-order valence-corrected chi connectivity index (χ4v) is 2.86. The Labute approximate surface area is 156 Å². The molecule has 132 valence electrons. The number of hydrogen-bond donors (Lipinski definition) is 2. The SMILES string of the molecule is COc1ccc2c(c1)CNc1c(NCc3ccc(Cl)cc3)ncnc1O2. The predicted molar refractivity (Wildman–Crippen MR) is 101 cm³/mol. The molecule has 26 heavy (non-hydrogen) atoms. The summed E-state index contributed by atoms with van der Waals surface area (Å²) in [5, 5.41) is 7.40. The summed E-state index contributed by atoms with van der Waals surface area (Å²) in [6.07, 6.45) is 1.49. The van der Waals surface area contributed by atoms with Crippen molar-refractivity contribution in [2.24, 2.45) is 0 Å². The second-order valence-corrected chi connectivity index (χ2v) is 6.25. The number of methoxy groups -OCH3 is 1. The zero-order valence-corrected chi connectivity index (χ0v) is 14.9. The van der Waals surface area contributed by atoms with Gasteiger partial charge in [-0.2, -0.15) is 4.98 Å². The average Bonchev–Trinajstić information content (AvgIpc) is 2.86. The fourth-order valence-electron chi connectivity index (χ4n) is 2.74. The molecule has 1 aliphatic rings. The summed E-state index contributed by atoms with van der Waals surface area (Å²) in [4.78, 5) is 8.61. The Morgan fingerprint density at radius 1 is 1.19 bits per heavy atom. The van der Waals surface area contributed by atoms with Gasteiger partial charge in [0, 0.05) is 23.7 Å². The molecular formula is C19H17ClN4O2. The van der Waals surface area contributed by atoms with Crippen LogP contribution in [0.4, 0.5) is 11.5 Å². The zero-order valence-electron chi connectivity index (χ0n) is 14.1. The van der Waals surface area contributed by atoms with Crippen LogP contribution in [0, 0.1) is 0 Å². The van der Waals surface area contributed by atoms with E-state index in [1.165, 1.54) is 6.33 Å². The molecule has 1 aromatic heterocycles. The summed E-state index contributed by atoms with van der Waals surface area (Å²) in [6, 6.07) is 13.4. The van der Waals surface area contributed by atoms with Crippen LogP contribution in [0.2, 0.25) is 5.02 Å². The van der Waals surface area contributed by atoms with E-state index in [1.54, 1.807) is 7.11 Å². The van der Waals surface area contributed by atoms with Crippen molar-refractivity contribution in [3.8, 4) is 17.4 Å². The third-order valence-corrected chi connectivity index (χ3v) is 4.37. The molecule has 0 radical (unpaired) electrons. The second kappa shape index (κ2) is 7.09. The molecule has 0 aliphatic carbocycles. The van der Waals surface area contributed by atoms with Gasteiger partial charge in [0.25, 0.3) is 0 Å². The summed E-state index contributed by atoms with van der Waals surface area (Å²) in [5.74, 6) is 2.71. The van der Waals surface area contributed by atoms with E-state index in [1.807, 2.05) is 42.5 Å². The maximum Gasteiger partial charge on any atom is 0.248 e. The van der Waals surface area contributed by atoms with Crippen LogP contribution in [0.5, 0.6) is 17.4 Å². The largest absolute Gasteiger partial charge is 0.497 e. The lowest BCUT2D eigenvalue weighted by molar-refractivity contribution is 0.411. The van der Waals surface area contributed by atoms with Gasteiger partial charge in [0.05, 0.1) is 7.11 Å². The lowest BCUT2D eigenvalue weighted by atomic mass is 10.2. The summed E-state index contributed by atoms with van der Waals surface area (Å²) >= 11 is 5.93. The number of fused-ring (bicyclic) bond motifs is 2. The minimum atomic E-state index is 0.488. The first-order valence-corrected chi connectivity index (χ1v) is 8.52. The Morgan fingerprint density at radius 2 is 2.04 bits per heavy atom. The van der Waals surface area contributed by atoms with E-state index in [2.05, 4.69) is 20.6 Å². The van der Waals surface area contributed by atoms with E-state index in [9.17, 15) is 0 Å². The molecule has 1 aliphatic heterocycles. The maximum absolute atomic E-state index is 5.98. The lowest BCUT2D eigenvalue weighted by Crippen LogP contribution is -2.07. The predicted octanol–water partition coefficient (Wildman–Crippen LogP) is 4.47. The number of nitrogens with one attached hydrogen (secondary N) is 2. The van der Waals surface area contributed by atoms with Crippen LogP contribution in [0.1, 0.15) is 11.1 Å². The monoisotopic (exact) mass is 368 g/mol. The molecule has 3 aromatic rings. The fraction of sp³-hybridized carbons (Fsp3) is 0.158. The quantitative estimate of drug-likeness (QED) is 0.708. The van der Waals surface area contributed by atoms with Gasteiger partial charge >= 0.3 is 0 Å². The third-order valence-electron chi connectivity index (χ3n) is 4.12. The number of ether oxygens (including phenoxy) is 2. The Kier molecular flexibility index (Phi) is 4.50. The molecule has 0 bridgehead atoms. The molecule has 0 atom stereocenters. The van der Waals surface area contributed by atoms with Crippen molar-refractivity contribution in [2.45, 2.75) is 13.1 Å². The first kappa shape index (κ1) is 16.5. The highest BCUT2D eigenvalue weighted by atomic mass is 35.5. The van der Waals surface area contributed by atoms with E-state index in [0.717, 1.165) is 28.3 Å². The van der Waals surface area contributed by atoms with Crippen molar-refractivity contribution >= 4 is 23.1 Å². The van der Waals surface area contributed by atoms with E-state index >= 15 is 0 Å². The van der Waals surface area contributed by atoms with Crippen molar-refractivity contribution < 1.29 is 9.47 Å². The normalized spacial score (nSPS) is 12.1. The number of halogens is 1.